The molecule has 0 aliphatic rings. The van der Waals surface area contributed by atoms with Gasteiger partial charge in [-0.15, -0.1) is 0 Å². The molecule has 0 bridgehead atoms. The molecule has 0 aromatic carbocycles. The molecule has 0 radical (unpaired) electrons. The lowest BCUT2D eigenvalue weighted by molar-refractivity contribution is -0.161. The first-order valence-corrected chi connectivity index (χ1v) is 47.3. The van der Waals surface area contributed by atoms with E-state index in [1.54, 1.807) is 0 Å². The largest absolute Gasteiger partial charge is 0.472 e. The van der Waals surface area contributed by atoms with Gasteiger partial charge in [-0.2, -0.15) is 0 Å². The van der Waals surface area contributed by atoms with Crippen LogP contribution in [0.25, 0.3) is 0 Å². The monoisotopic (exact) mass is 1520 g/mol. The minimum absolute atomic E-state index is 0.109. The highest BCUT2D eigenvalue weighted by Gasteiger charge is 2.30. The van der Waals surface area contributed by atoms with E-state index in [9.17, 15) is 43.2 Å². The van der Waals surface area contributed by atoms with Crippen molar-refractivity contribution in [2.24, 2.45) is 0 Å². The number of carbonyl (C=O) groups is 4. The van der Waals surface area contributed by atoms with Gasteiger partial charge in [0.15, 0.2) is 12.2 Å². The van der Waals surface area contributed by atoms with Crippen LogP contribution in [0.5, 0.6) is 0 Å². The summed E-state index contributed by atoms with van der Waals surface area (Å²) in [6, 6.07) is 0. The molecule has 0 aliphatic heterocycles. The zero-order valence-corrected chi connectivity index (χ0v) is 69.8. The standard InChI is InChI=1S/C85H166O17P2/c1-5-9-13-17-21-25-29-33-36-38-40-42-44-48-52-56-60-64-68-72-85(90)102-81(76-96-83(88)70-66-62-58-54-50-47-43-41-39-37-34-30-26-22-18-14-10-6-2)78-100-104(93,94)98-74-79(86)73-97-103(91,92)99-77-80(75-95-82(87)69-65-61-57-53-49-45-32-28-24-20-16-12-8-4)101-84(89)71-67-63-59-55-51-46-35-31-27-23-19-15-11-7-3/h79-81,86H,5-78H2,1-4H3,(H,91,92)(H,93,94)/t79-,80+,81+/m0/s1. The number of hydrogen-bond acceptors (Lipinski definition) is 15. The molecule has 0 aliphatic carbocycles. The number of ether oxygens (including phenoxy) is 4. The maximum atomic E-state index is 13.1. The first-order chi connectivity index (χ1) is 50.7. The molecule has 0 amide bonds. The van der Waals surface area contributed by atoms with Crippen LogP contribution in [0.3, 0.4) is 0 Å². The van der Waals surface area contributed by atoms with Crippen molar-refractivity contribution in [3.05, 3.63) is 0 Å². The average molecular weight is 1520 g/mol. The van der Waals surface area contributed by atoms with Gasteiger partial charge in [-0.05, 0) is 25.7 Å². The lowest BCUT2D eigenvalue weighted by Crippen LogP contribution is -2.30. The Morgan fingerprint density at radius 3 is 0.567 bits per heavy atom. The minimum atomic E-state index is -4.96. The minimum Gasteiger partial charge on any atom is -0.462 e. The van der Waals surface area contributed by atoms with Crippen molar-refractivity contribution in [3.63, 3.8) is 0 Å². The van der Waals surface area contributed by atoms with Crippen LogP contribution in [0.1, 0.15) is 464 Å². The van der Waals surface area contributed by atoms with E-state index in [0.717, 1.165) is 89.9 Å². The molecule has 3 N–H and O–H groups in total. The summed E-state index contributed by atoms with van der Waals surface area (Å²) in [5.74, 6) is -2.10. The summed E-state index contributed by atoms with van der Waals surface area (Å²) in [5, 5.41) is 10.7. The quantitative estimate of drug-likeness (QED) is 0.0222. The lowest BCUT2D eigenvalue weighted by atomic mass is 10.0. The van der Waals surface area contributed by atoms with E-state index in [4.69, 9.17) is 37.0 Å². The van der Waals surface area contributed by atoms with Gasteiger partial charge in [-0.25, -0.2) is 9.13 Å². The van der Waals surface area contributed by atoms with Crippen LogP contribution >= 0.6 is 15.6 Å². The zero-order valence-electron chi connectivity index (χ0n) is 68.0. The van der Waals surface area contributed by atoms with Crippen molar-refractivity contribution in [2.45, 2.75) is 483 Å². The fraction of sp³-hybridized carbons (Fsp3) is 0.953. The Morgan fingerprint density at radius 2 is 0.385 bits per heavy atom. The van der Waals surface area contributed by atoms with Gasteiger partial charge in [-0.1, -0.05) is 413 Å². The van der Waals surface area contributed by atoms with Gasteiger partial charge in [0, 0.05) is 25.7 Å². The second-order valence-corrected chi connectivity index (χ2v) is 33.5. The highest BCUT2D eigenvalue weighted by atomic mass is 31.2. The molecule has 0 rings (SSSR count). The summed E-state index contributed by atoms with van der Waals surface area (Å²) >= 11 is 0. The van der Waals surface area contributed by atoms with E-state index in [1.807, 2.05) is 0 Å². The average Bonchev–Trinajstić information content (AvgIpc) is 0.931. The summed E-state index contributed by atoms with van der Waals surface area (Å²) in [5.41, 5.74) is 0. The maximum Gasteiger partial charge on any atom is 0.472 e. The van der Waals surface area contributed by atoms with Crippen LogP contribution < -0.4 is 0 Å². The Morgan fingerprint density at radius 1 is 0.231 bits per heavy atom. The van der Waals surface area contributed by atoms with E-state index < -0.39 is 97.5 Å². The van der Waals surface area contributed by atoms with Gasteiger partial charge in [0.05, 0.1) is 26.4 Å². The summed E-state index contributed by atoms with van der Waals surface area (Å²) in [6.45, 7) is 5.06. The van der Waals surface area contributed by atoms with Crippen LogP contribution in [0, 0.1) is 0 Å². The second kappa shape index (κ2) is 79.2. The van der Waals surface area contributed by atoms with Crippen molar-refractivity contribution < 1.29 is 80.2 Å². The number of rotatable bonds is 86. The number of unbranched alkanes of at least 4 members (excludes halogenated alkanes) is 60. The molecule has 2 unspecified atom stereocenters. The molecule has 104 heavy (non-hydrogen) atoms. The van der Waals surface area contributed by atoms with Gasteiger partial charge >= 0.3 is 39.5 Å². The van der Waals surface area contributed by atoms with Crippen LogP contribution in [-0.2, 0) is 65.4 Å². The van der Waals surface area contributed by atoms with Crippen molar-refractivity contribution in [2.75, 3.05) is 39.6 Å². The number of carbonyl (C=O) groups excluding carboxylic acids is 4. The predicted molar refractivity (Wildman–Crippen MR) is 428 cm³/mol. The Balaban J connectivity index is 5.25. The number of aliphatic hydroxyl groups excluding tert-OH is 1. The molecule has 5 atom stereocenters. The van der Waals surface area contributed by atoms with Gasteiger partial charge in [0.2, 0.25) is 0 Å². The molecule has 0 heterocycles. The number of aliphatic hydroxyl groups is 1. The van der Waals surface area contributed by atoms with Crippen LogP contribution in [-0.4, -0.2) is 96.7 Å². The van der Waals surface area contributed by atoms with E-state index in [0.29, 0.717) is 25.7 Å². The molecular formula is C85H166O17P2. The van der Waals surface area contributed by atoms with E-state index in [2.05, 4.69) is 27.7 Å². The van der Waals surface area contributed by atoms with E-state index >= 15 is 0 Å². The number of esters is 4. The molecule has 17 nitrogen and oxygen atoms in total. The first-order valence-electron chi connectivity index (χ1n) is 44.3. The van der Waals surface area contributed by atoms with Crippen molar-refractivity contribution >= 4 is 39.5 Å². The molecular weight excluding hydrogens is 1350 g/mol. The highest BCUT2D eigenvalue weighted by molar-refractivity contribution is 7.47. The highest BCUT2D eigenvalue weighted by Crippen LogP contribution is 2.45. The molecule has 0 spiro atoms. The van der Waals surface area contributed by atoms with Gasteiger partial charge in [-0.3, -0.25) is 37.3 Å². The van der Waals surface area contributed by atoms with Crippen molar-refractivity contribution in [3.8, 4) is 0 Å². The topological polar surface area (TPSA) is 237 Å². The van der Waals surface area contributed by atoms with Gasteiger partial charge in [0.25, 0.3) is 0 Å². The fourth-order valence-corrected chi connectivity index (χ4v) is 14.9. The third kappa shape index (κ3) is 78.2. The summed E-state index contributed by atoms with van der Waals surface area (Å²) in [4.78, 5) is 73.2. The van der Waals surface area contributed by atoms with Crippen molar-refractivity contribution in [1.82, 2.24) is 0 Å². The molecule has 0 aromatic heterocycles. The summed E-state index contributed by atoms with van der Waals surface area (Å²) < 4.78 is 68.9. The van der Waals surface area contributed by atoms with Crippen molar-refractivity contribution in [1.29, 1.82) is 0 Å². The van der Waals surface area contributed by atoms with E-state index in [-0.39, 0.29) is 25.7 Å². The second-order valence-electron chi connectivity index (χ2n) is 30.6. The molecule has 618 valence electrons. The molecule has 0 saturated heterocycles. The number of phosphoric ester groups is 2. The smallest absolute Gasteiger partial charge is 0.462 e. The molecule has 0 fully saturated rings. The fourth-order valence-electron chi connectivity index (χ4n) is 13.3. The normalized spacial score (nSPS) is 13.7. The third-order valence-electron chi connectivity index (χ3n) is 20.1. The van der Waals surface area contributed by atoms with E-state index in [1.165, 1.54) is 295 Å². The Kier molecular flexibility index (Phi) is 77.7. The number of phosphoric acid groups is 2. The van der Waals surface area contributed by atoms with Gasteiger partial charge < -0.3 is 33.8 Å². The first kappa shape index (κ1) is 102. The Hall–Kier alpha value is -1.94. The van der Waals surface area contributed by atoms with Gasteiger partial charge in [0.1, 0.15) is 19.3 Å². The third-order valence-corrected chi connectivity index (χ3v) is 22.0. The van der Waals surface area contributed by atoms with Crippen LogP contribution in [0.4, 0.5) is 0 Å². The maximum absolute atomic E-state index is 13.1. The van der Waals surface area contributed by atoms with Crippen LogP contribution in [0.15, 0.2) is 0 Å². The zero-order chi connectivity index (χ0) is 76.0. The predicted octanol–water partition coefficient (Wildman–Crippen LogP) is 26.1. The van der Waals surface area contributed by atoms with Crippen LogP contribution in [0.2, 0.25) is 0 Å². The summed E-state index contributed by atoms with van der Waals surface area (Å²) in [7, 11) is -9.92. The summed E-state index contributed by atoms with van der Waals surface area (Å²) in [6.07, 6.45) is 73.4. The lowest BCUT2D eigenvalue weighted by Gasteiger charge is -2.21. The Labute approximate surface area is 638 Å². The molecule has 19 heteroatoms. The molecule has 0 aromatic rings. The molecule has 0 saturated carbocycles. The Bertz CT molecular complexity index is 1960. The number of hydrogen-bond donors (Lipinski definition) is 3. The SMILES string of the molecule is CCCCCCCCCCCCCCCCCCCCCC(=O)O[C@H](COC(=O)CCCCCCCCCCCCCCCCCCCC)COP(=O)(O)OC[C@@H](O)COP(=O)(O)OC[C@@H](COC(=O)CCCCCCCCCCCCCCC)OC(=O)CCCCCCCCCCCCCCCC.